The second kappa shape index (κ2) is 6.70. The van der Waals surface area contributed by atoms with Crippen LogP contribution < -0.4 is 22.3 Å². The van der Waals surface area contributed by atoms with Crippen molar-refractivity contribution in [2.45, 2.75) is 38.3 Å². The van der Waals surface area contributed by atoms with Gasteiger partial charge in [0.15, 0.2) is 11.0 Å². The number of hydrogen-bond donors (Lipinski definition) is 4. The van der Waals surface area contributed by atoms with Gasteiger partial charge in [-0.25, -0.2) is 4.98 Å². The van der Waals surface area contributed by atoms with Gasteiger partial charge in [0.1, 0.15) is 11.9 Å². The number of carbonyl (C=O) groups excluding carboxylic acids is 1. The quantitative estimate of drug-likeness (QED) is 0.461. The van der Waals surface area contributed by atoms with Crippen molar-refractivity contribution < 1.29 is 4.79 Å². The van der Waals surface area contributed by atoms with E-state index < -0.39 is 17.0 Å². The van der Waals surface area contributed by atoms with Gasteiger partial charge in [-0.05, 0) is 12.0 Å². The molecule has 1 aromatic heterocycles. The monoisotopic (exact) mass is 388 g/mol. The van der Waals surface area contributed by atoms with Gasteiger partial charge < -0.3 is 16.8 Å². The largest absolute Gasteiger partial charge is 0.384 e. The number of nitrogens with zero attached hydrogens (tertiary/aromatic N) is 2. The van der Waals surface area contributed by atoms with Crippen LogP contribution in [0.2, 0.25) is 5.15 Å². The Labute approximate surface area is 161 Å². The molecule has 27 heavy (non-hydrogen) atoms. The van der Waals surface area contributed by atoms with Crippen LogP contribution in [0.15, 0.2) is 29.1 Å². The van der Waals surface area contributed by atoms with Gasteiger partial charge in [-0.2, -0.15) is 0 Å². The average molecular weight is 389 g/mol. The summed E-state index contributed by atoms with van der Waals surface area (Å²) < 4.78 is 1.36. The van der Waals surface area contributed by atoms with Crippen LogP contribution in [0.25, 0.3) is 0 Å². The lowest BCUT2D eigenvalue weighted by Crippen LogP contribution is -2.36. The molecule has 142 valence electrons. The van der Waals surface area contributed by atoms with Crippen LogP contribution >= 0.6 is 11.6 Å². The number of benzene rings is 1. The molecule has 3 rings (SSSR count). The van der Waals surface area contributed by atoms with Gasteiger partial charge in [0, 0.05) is 17.5 Å². The van der Waals surface area contributed by atoms with Crippen LogP contribution in [-0.2, 0) is 16.8 Å². The van der Waals surface area contributed by atoms with E-state index >= 15 is 0 Å². The fourth-order valence-corrected chi connectivity index (χ4v) is 3.86. The minimum Gasteiger partial charge on any atom is -0.384 e. The summed E-state index contributed by atoms with van der Waals surface area (Å²) in [4.78, 5) is 29.2. The van der Waals surface area contributed by atoms with Crippen molar-refractivity contribution in [1.82, 2.24) is 14.9 Å². The maximum atomic E-state index is 12.8. The molecule has 1 aliphatic heterocycles. The van der Waals surface area contributed by atoms with E-state index in [2.05, 4.69) is 10.3 Å². The van der Waals surface area contributed by atoms with Crippen molar-refractivity contribution in [2.24, 2.45) is 5.73 Å². The lowest BCUT2D eigenvalue weighted by atomic mass is 9.87. The highest BCUT2D eigenvalue weighted by molar-refractivity contribution is 6.30. The molecule has 1 atom stereocenters. The minimum absolute atomic E-state index is 0.0159. The summed E-state index contributed by atoms with van der Waals surface area (Å²) in [6.07, 6.45) is 0.419. The molecule has 0 aliphatic carbocycles. The second-order valence-corrected chi connectivity index (χ2v) is 7.60. The van der Waals surface area contributed by atoms with Crippen molar-refractivity contribution in [1.29, 1.82) is 5.41 Å². The zero-order valence-electron chi connectivity index (χ0n) is 15.0. The van der Waals surface area contributed by atoms with E-state index in [9.17, 15) is 9.59 Å². The van der Waals surface area contributed by atoms with Gasteiger partial charge in [-0.1, -0.05) is 49.7 Å². The highest BCUT2D eigenvalue weighted by atomic mass is 35.5. The van der Waals surface area contributed by atoms with Crippen LogP contribution in [0.3, 0.4) is 0 Å². The SMILES string of the molecule is CC1(C)C[C@@H](C(=O)NCc2ccc(C(=N)N)cc2)n2c1c(Cl)nc(N)c2=O. The molecule has 0 saturated carbocycles. The van der Waals surface area contributed by atoms with Crippen LogP contribution in [0, 0.1) is 5.41 Å². The summed E-state index contributed by atoms with van der Waals surface area (Å²) in [5.41, 5.74) is 12.1. The Morgan fingerprint density at radius 3 is 2.63 bits per heavy atom. The Kier molecular flexibility index (Phi) is 4.69. The highest BCUT2D eigenvalue weighted by Crippen LogP contribution is 2.42. The Morgan fingerprint density at radius 1 is 1.41 bits per heavy atom. The third-order valence-electron chi connectivity index (χ3n) is 4.78. The van der Waals surface area contributed by atoms with Crippen LogP contribution in [0.5, 0.6) is 0 Å². The summed E-state index contributed by atoms with van der Waals surface area (Å²) in [5.74, 6) is -0.530. The number of nitrogen functional groups attached to an aromatic ring is 2. The summed E-state index contributed by atoms with van der Waals surface area (Å²) in [7, 11) is 0. The number of anilines is 1. The maximum Gasteiger partial charge on any atom is 0.294 e. The fourth-order valence-electron chi connectivity index (χ4n) is 3.42. The van der Waals surface area contributed by atoms with Gasteiger partial charge >= 0.3 is 0 Å². The van der Waals surface area contributed by atoms with Gasteiger partial charge in [0.25, 0.3) is 5.56 Å². The van der Waals surface area contributed by atoms with Crippen molar-refractivity contribution in [3.05, 3.63) is 56.6 Å². The molecular formula is C18H21ClN6O2. The molecule has 1 amide bonds. The lowest BCUT2D eigenvalue weighted by molar-refractivity contribution is -0.124. The number of aromatic nitrogens is 2. The first-order chi connectivity index (χ1) is 12.6. The molecular weight excluding hydrogens is 368 g/mol. The topological polar surface area (TPSA) is 140 Å². The van der Waals surface area contributed by atoms with Crippen LogP contribution in [0.1, 0.15) is 43.1 Å². The summed E-state index contributed by atoms with van der Waals surface area (Å²) >= 11 is 6.20. The number of amidine groups is 1. The normalized spacial score (nSPS) is 17.4. The number of rotatable bonds is 4. The van der Waals surface area contributed by atoms with Gasteiger partial charge in [-0.15, -0.1) is 0 Å². The molecule has 1 aliphatic rings. The first-order valence-corrected chi connectivity index (χ1v) is 8.78. The van der Waals surface area contributed by atoms with E-state index in [0.717, 1.165) is 5.56 Å². The number of halogens is 1. The summed E-state index contributed by atoms with van der Waals surface area (Å²) in [6, 6.07) is 6.30. The number of nitrogens with one attached hydrogen (secondary N) is 2. The summed E-state index contributed by atoms with van der Waals surface area (Å²) in [6.45, 7) is 4.11. The van der Waals surface area contributed by atoms with Gasteiger partial charge in [-0.3, -0.25) is 19.6 Å². The van der Waals surface area contributed by atoms with Crippen molar-refractivity contribution in [2.75, 3.05) is 5.73 Å². The molecule has 8 nitrogen and oxygen atoms in total. The first kappa shape index (κ1) is 18.9. The smallest absolute Gasteiger partial charge is 0.294 e. The Hall–Kier alpha value is -2.87. The molecule has 0 saturated heterocycles. The molecule has 0 radical (unpaired) electrons. The van der Waals surface area contributed by atoms with Crippen molar-refractivity contribution in [3.63, 3.8) is 0 Å². The molecule has 0 unspecified atom stereocenters. The molecule has 6 N–H and O–H groups in total. The predicted octanol–water partition coefficient (Wildman–Crippen LogP) is 1.30. The lowest BCUT2D eigenvalue weighted by Gasteiger charge is -2.18. The number of carbonyl (C=O) groups is 1. The van der Waals surface area contributed by atoms with Gasteiger partial charge in [0.05, 0.1) is 5.69 Å². The zero-order chi connectivity index (χ0) is 19.9. The van der Waals surface area contributed by atoms with E-state index in [0.29, 0.717) is 17.7 Å². The second-order valence-electron chi connectivity index (χ2n) is 7.24. The fraction of sp³-hybridized carbons (Fsp3) is 0.333. The number of nitrogens with two attached hydrogens (primary N) is 2. The van der Waals surface area contributed by atoms with E-state index in [-0.39, 0.29) is 29.3 Å². The van der Waals surface area contributed by atoms with E-state index in [1.165, 1.54) is 4.57 Å². The zero-order valence-corrected chi connectivity index (χ0v) is 15.8. The van der Waals surface area contributed by atoms with E-state index in [1.807, 2.05) is 13.8 Å². The predicted molar refractivity (Wildman–Crippen MR) is 104 cm³/mol. The van der Waals surface area contributed by atoms with Crippen molar-refractivity contribution >= 4 is 29.2 Å². The number of amides is 1. The van der Waals surface area contributed by atoms with Gasteiger partial charge in [0.2, 0.25) is 5.91 Å². The number of fused-ring (bicyclic) bond motifs is 1. The third-order valence-corrected chi connectivity index (χ3v) is 5.05. The van der Waals surface area contributed by atoms with Crippen molar-refractivity contribution in [3.8, 4) is 0 Å². The minimum atomic E-state index is -0.707. The van der Waals surface area contributed by atoms with Crippen LogP contribution in [0.4, 0.5) is 5.82 Å². The van der Waals surface area contributed by atoms with Crippen LogP contribution in [-0.4, -0.2) is 21.3 Å². The summed E-state index contributed by atoms with van der Waals surface area (Å²) in [5, 5.41) is 10.4. The Bertz CT molecular complexity index is 981. The molecule has 2 aromatic rings. The molecule has 0 bridgehead atoms. The molecule has 0 fully saturated rings. The van der Waals surface area contributed by atoms with E-state index in [4.69, 9.17) is 28.5 Å². The Balaban J connectivity index is 1.83. The molecule has 0 spiro atoms. The standard InChI is InChI=1S/C18H21ClN6O2/c1-18(2)7-11(25-12(18)13(19)24-15(22)17(25)27)16(26)23-8-9-3-5-10(6-4-9)14(20)21/h3-6,11H,7-8H2,1-2H3,(H3,20,21)(H2,22,24)(H,23,26)/t11-/m0/s1. The van der Waals surface area contributed by atoms with E-state index in [1.54, 1.807) is 24.3 Å². The highest BCUT2D eigenvalue weighted by Gasteiger charge is 2.43. The molecule has 1 aromatic carbocycles. The average Bonchev–Trinajstić information content (AvgIpc) is 2.90. The molecule has 9 heteroatoms. The maximum absolute atomic E-state index is 12.8. The first-order valence-electron chi connectivity index (χ1n) is 8.41. The third kappa shape index (κ3) is 3.40. The Morgan fingerprint density at radius 2 is 2.04 bits per heavy atom. The number of hydrogen-bond acceptors (Lipinski definition) is 5. The molecule has 2 heterocycles.